The first kappa shape index (κ1) is 27.5. The fourth-order valence-electron chi connectivity index (χ4n) is 4.34. The summed E-state index contributed by atoms with van der Waals surface area (Å²) in [6, 6.07) is 21.8. The highest BCUT2D eigenvalue weighted by atomic mass is 16.6. The van der Waals surface area contributed by atoms with Gasteiger partial charge in [0.2, 0.25) is 6.04 Å². The summed E-state index contributed by atoms with van der Waals surface area (Å²) in [5.74, 6) is -0.980. The van der Waals surface area contributed by atoms with Gasteiger partial charge in [-0.3, -0.25) is 5.32 Å². The first-order chi connectivity index (χ1) is 18.6. The second-order valence-corrected chi connectivity index (χ2v) is 9.93. The molecule has 0 fully saturated rings. The Labute approximate surface area is 227 Å². The van der Waals surface area contributed by atoms with Gasteiger partial charge in [-0.2, -0.15) is 0 Å². The van der Waals surface area contributed by atoms with E-state index in [-0.39, 0.29) is 37.3 Å². The lowest BCUT2D eigenvalue weighted by Gasteiger charge is -2.19. The van der Waals surface area contributed by atoms with Crippen LogP contribution in [0, 0.1) is 6.04 Å². The highest BCUT2D eigenvalue weighted by molar-refractivity contribution is 5.91. The van der Waals surface area contributed by atoms with Crippen molar-refractivity contribution >= 4 is 18.2 Å². The van der Waals surface area contributed by atoms with E-state index >= 15 is 0 Å². The highest BCUT2D eigenvalue weighted by Gasteiger charge is 2.30. The van der Waals surface area contributed by atoms with Gasteiger partial charge in [0.15, 0.2) is 0 Å². The number of hydrogen-bond donors (Lipinski definition) is 3. The van der Waals surface area contributed by atoms with E-state index in [0.717, 1.165) is 22.3 Å². The molecular weight excluding hydrogens is 500 g/mol. The summed E-state index contributed by atoms with van der Waals surface area (Å²) < 4.78 is 16.2. The van der Waals surface area contributed by atoms with Crippen molar-refractivity contribution in [3.63, 3.8) is 0 Å². The lowest BCUT2D eigenvalue weighted by Crippen LogP contribution is -2.35. The lowest BCUT2D eigenvalue weighted by atomic mass is 9.98. The van der Waals surface area contributed by atoms with Gasteiger partial charge >= 0.3 is 18.2 Å². The molecule has 2 amide bonds. The van der Waals surface area contributed by atoms with Crippen LogP contribution >= 0.6 is 0 Å². The van der Waals surface area contributed by atoms with E-state index < -0.39 is 23.8 Å². The average Bonchev–Trinajstić information content (AvgIpc) is 3.21. The first-order valence-electron chi connectivity index (χ1n) is 12.5. The maximum absolute atomic E-state index is 12.6. The standard InChI is InChI=1S/C30H31N2O7/c1-30(2,3)39-28(35)31-16-17-37-20-14-12-19(13-15-20)26(27(33)34)32-29(36)38-18-25-23-10-6-4-8-21(23)22-9-5-7-11-24(22)25/h4-15,25H,16-18H2,1-3H3,(H,31,35)(H,32,36)(H,33,34). The first-order valence-corrected chi connectivity index (χ1v) is 12.5. The molecule has 39 heavy (non-hydrogen) atoms. The number of nitrogens with one attached hydrogen (secondary N) is 2. The summed E-state index contributed by atoms with van der Waals surface area (Å²) in [4.78, 5) is 36.2. The third kappa shape index (κ3) is 7.07. The molecule has 203 valence electrons. The van der Waals surface area contributed by atoms with Crippen LogP contribution in [0.1, 0.15) is 43.4 Å². The minimum atomic E-state index is -1.31. The number of amides is 2. The zero-order chi connectivity index (χ0) is 28.0. The number of hydrogen-bond acceptors (Lipinski definition) is 6. The van der Waals surface area contributed by atoms with Gasteiger partial charge in [-0.05, 0) is 60.7 Å². The van der Waals surface area contributed by atoms with Crippen LogP contribution in [0.15, 0.2) is 72.8 Å². The van der Waals surface area contributed by atoms with E-state index in [1.165, 1.54) is 12.1 Å². The molecule has 0 unspecified atom stereocenters. The van der Waals surface area contributed by atoms with Gasteiger partial charge in [0, 0.05) is 5.92 Å². The zero-order valence-electron chi connectivity index (χ0n) is 22.0. The molecule has 0 bridgehead atoms. The monoisotopic (exact) mass is 531 g/mol. The number of carbonyl (C=O) groups excluding carboxylic acids is 2. The Morgan fingerprint density at radius 2 is 1.44 bits per heavy atom. The molecule has 1 aliphatic rings. The topological polar surface area (TPSA) is 123 Å². The van der Waals surface area contributed by atoms with Crippen LogP contribution in [0.5, 0.6) is 5.75 Å². The van der Waals surface area contributed by atoms with Gasteiger partial charge in [-0.25, -0.2) is 14.4 Å². The second kappa shape index (κ2) is 11.9. The van der Waals surface area contributed by atoms with Crippen LogP contribution < -0.4 is 15.4 Å². The summed E-state index contributed by atoms with van der Waals surface area (Å²) in [6.07, 6.45) is -1.40. The van der Waals surface area contributed by atoms with E-state index in [4.69, 9.17) is 14.2 Å². The summed E-state index contributed by atoms with van der Waals surface area (Å²) >= 11 is 0. The van der Waals surface area contributed by atoms with Crippen LogP contribution in [0.3, 0.4) is 0 Å². The van der Waals surface area contributed by atoms with Crippen LogP contribution in [-0.4, -0.2) is 48.6 Å². The fourth-order valence-corrected chi connectivity index (χ4v) is 4.34. The van der Waals surface area contributed by atoms with Gasteiger partial charge in [0.25, 0.3) is 0 Å². The minimum Gasteiger partial charge on any atom is -0.492 e. The number of ether oxygens (including phenoxy) is 3. The largest absolute Gasteiger partial charge is 0.492 e. The van der Waals surface area contributed by atoms with E-state index in [0.29, 0.717) is 5.75 Å². The number of carboxylic acids is 1. The predicted molar refractivity (Wildman–Crippen MR) is 144 cm³/mol. The third-order valence-electron chi connectivity index (χ3n) is 5.97. The van der Waals surface area contributed by atoms with E-state index in [1.54, 1.807) is 32.9 Å². The third-order valence-corrected chi connectivity index (χ3v) is 5.97. The molecule has 3 N–H and O–H groups in total. The molecule has 9 heteroatoms. The smallest absolute Gasteiger partial charge is 0.408 e. The molecule has 9 nitrogen and oxygen atoms in total. The molecular formula is C30H31N2O7. The van der Waals surface area contributed by atoms with Gasteiger partial charge in [0.05, 0.1) is 6.54 Å². The van der Waals surface area contributed by atoms with Crippen LogP contribution in [0.2, 0.25) is 0 Å². The molecule has 3 aromatic rings. The number of alkyl carbamates (subject to hydrolysis) is 2. The number of benzene rings is 3. The average molecular weight is 532 g/mol. The molecule has 0 aromatic heterocycles. The molecule has 0 spiro atoms. The van der Waals surface area contributed by atoms with Crippen molar-refractivity contribution in [2.24, 2.45) is 0 Å². The van der Waals surface area contributed by atoms with E-state index in [9.17, 15) is 19.5 Å². The van der Waals surface area contributed by atoms with Crippen molar-refractivity contribution < 1.29 is 33.7 Å². The Balaban J connectivity index is 1.30. The summed E-state index contributed by atoms with van der Waals surface area (Å²) in [6.45, 7) is 5.80. The minimum absolute atomic E-state index is 0.0663. The maximum Gasteiger partial charge on any atom is 0.408 e. The number of carbonyl (C=O) groups is 3. The van der Waals surface area contributed by atoms with E-state index in [2.05, 4.69) is 10.6 Å². The Kier molecular flexibility index (Phi) is 8.39. The molecule has 0 heterocycles. The Bertz CT molecular complexity index is 1290. The second-order valence-electron chi connectivity index (χ2n) is 9.93. The van der Waals surface area contributed by atoms with Crippen molar-refractivity contribution in [1.29, 1.82) is 0 Å². The normalized spacial score (nSPS) is 12.3. The maximum atomic E-state index is 12.6. The van der Waals surface area contributed by atoms with Gasteiger partial charge in [-0.1, -0.05) is 60.7 Å². The SMILES string of the molecule is CC(C)(C)OC(=O)NCCOc1ccc([C](NC(=O)OCC2c3ccccc3-c3ccccc32)C(=O)O)cc1. The molecule has 1 aliphatic carbocycles. The van der Waals surface area contributed by atoms with Gasteiger partial charge in [-0.15, -0.1) is 0 Å². The zero-order valence-corrected chi connectivity index (χ0v) is 22.0. The number of rotatable bonds is 9. The van der Waals surface area contributed by atoms with Crippen LogP contribution in [-0.2, 0) is 14.3 Å². The Hall–Kier alpha value is -4.53. The number of aliphatic carboxylic acids is 1. The van der Waals surface area contributed by atoms with Crippen molar-refractivity contribution in [2.45, 2.75) is 32.3 Å². The van der Waals surface area contributed by atoms with Crippen molar-refractivity contribution in [2.75, 3.05) is 19.8 Å². The summed E-state index contributed by atoms with van der Waals surface area (Å²) in [7, 11) is 0. The van der Waals surface area contributed by atoms with E-state index in [1.807, 2.05) is 48.5 Å². The Morgan fingerprint density at radius 1 is 0.846 bits per heavy atom. The number of carboxylic acid groups (broad SMARTS) is 1. The van der Waals surface area contributed by atoms with Crippen molar-refractivity contribution in [3.05, 3.63) is 95.5 Å². The van der Waals surface area contributed by atoms with Crippen molar-refractivity contribution in [1.82, 2.24) is 10.6 Å². The molecule has 0 atom stereocenters. The van der Waals surface area contributed by atoms with Crippen LogP contribution in [0.4, 0.5) is 9.59 Å². The molecule has 0 saturated carbocycles. The summed E-state index contributed by atoms with van der Waals surface area (Å²) in [5, 5.41) is 14.7. The lowest BCUT2D eigenvalue weighted by molar-refractivity contribution is -0.134. The number of fused-ring (bicyclic) bond motifs is 3. The molecule has 1 radical (unpaired) electrons. The summed E-state index contributed by atoms with van der Waals surface area (Å²) in [5.41, 5.74) is 4.00. The van der Waals surface area contributed by atoms with Crippen LogP contribution in [0.25, 0.3) is 11.1 Å². The Morgan fingerprint density at radius 3 is 2.00 bits per heavy atom. The predicted octanol–water partition coefficient (Wildman–Crippen LogP) is 5.09. The van der Waals surface area contributed by atoms with Gasteiger partial charge in [0.1, 0.15) is 24.6 Å². The highest BCUT2D eigenvalue weighted by Crippen LogP contribution is 2.44. The fraction of sp³-hybridized carbons (Fsp3) is 0.267. The van der Waals surface area contributed by atoms with Gasteiger partial charge < -0.3 is 24.6 Å². The van der Waals surface area contributed by atoms with Crippen molar-refractivity contribution in [3.8, 4) is 16.9 Å². The molecule has 4 rings (SSSR count). The molecule has 3 aromatic carbocycles. The molecule has 0 saturated heterocycles. The molecule has 0 aliphatic heterocycles. The quantitative estimate of drug-likeness (QED) is 0.329.